The second-order valence-corrected chi connectivity index (χ2v) is 4.39. The van der Waals surface area contributed by atoms with E-state index in [1.54, 1.807) is 29.3 Å². The van der Waals surface area contributed by atoms with Crippen LogP contribution in [0.3, 0.4) is 0 Å². The number of carboxylic acid groups (broad SMARTS) is 1. The molecule has 0 aromatic heterocycles. The normalized spacial score (nSPS) is 15.6. The first-order valence-corrected chi connectivity index (χ1v) is 6.35. The van der Waals surface area contributed by atoms with Gasteiger partial charge < -0.3 is 15.2 Å². The molecule has 2 amide bonds. The van der Waals surface area contributed by atoms with Gasteiger partial charge in [-0.15, -0.1) is 0 Å². The lowest BCUT2D eigenvalue weighted by molar-refractivity contribution is -0.136. The quantitative estimate of drug-likeness (QED) is 0.754. The van der Waals surface area contributed by atoms with E-state index in [0.29, 0.717) is 37.6 Å². The van der Waals surface area contributed by atoms with Gasteiger partial charge in [-0.1, -0.05) is 18.2 Å². The van der Waals surface area contributed by atoms with Crippen molar-refractivity contribution >= 4 is 17.7 Å². The lowest BCUT2D eigenvalue weighted by atomic mass is 10.1. The fourth-order valence-corrected chi connectivity index (χ4v) is 1.93. The second-order valence-electron chi connectivity index (χ2n) is 4.39. The van der Waals surface area contributed by atoms with Crippen molar-refractivity contribution in [2.45, 2.75) is 6.42 Å². The molecule has 0 spiro atoms. The number of carbonyl (C=O) groups excluding carboxylic acids is 1. The molecular weight excluding hydrogens is 262 g/mol. The van der Waals surface area contributed by atoms with Crippen molar-refractivity contribution in [3.05, 3.63) is 29.8 Å². The van der Waals surface area contributed by atoms with Gasteiger partial charge in [-0.2, -0.15) is 0 Å². The number of hydrogen-bond acceptors (Lipinski definition) is 4. The van der Waals surface area contributed by atoms with Gasteiger partial charge in [0, 0.05) is 18.8 Å². The molecule has 0 atom stereocenters. The molecule has 1 saturated heterocycles. The Hall–Kier alpha value is -2.12. The van der Waals surface area contributed by atoms with Crippen molar-refractivity contribution in [3.8, 4) is 0 Å². The number of aliphatic carboxylic acids is 1. The van der Waals surface area contributed by atoms with Gasteiger partial charge in [0.25, 0.3) is 0 Å². The van der Waals surface area contributed by atoms with E-state index in [1.165, 1.54) is 0 Å². The number of amides is 2. The summed E-state index contributed by atoms with van der Waals surface area (Å²) in [7, 11) is 0. The van der Waals surface area contributed by atoms with E-state index < -0.39 is 5.97 Å². The Morgan fingerprint density at radius 2 is 1.95 bits per heavy atom. The number of morpholine rings is 1. The molecule has 1 heterocycles. The maximum Gasteiger partial charge on any atom is 0.333 e. The van der Waals surface area contributed by atoms with Gasteiger partial charge in [0.2, 0.25) is 0 Å². The molecule has 0 aliphatic carbocycles. The molecule has 1 aliphatic heterocycles. The number of nitrogens with zero attached hydrogens (tertiary/aromatic N) is 1. The Bertz CT molecular complexity index is 486. The molecule has 1 aromatic rings. The third-order valence-corrected chi connectivity index (χ3v) is 2.88. The average molecular weight is 279 g/mol. The maximum atomic E-state index is 11.9. The highest BCUT2D eigenvalue weighted by molar-refractivity contribution is 5.90. The lowest BCUT2D eigenvalue weighted by Crippen LogP contribution is -2.49. The molecule has 20 heavy (non-hydrogen) atoms. The van der Waals surface area contributed by atoms with Crippen molar-refractivity contribution in [1.82, 2.24) is 10.4 Å². The Morgan fingerprint density at radius 3 is 2.65 bits per heavy atom. The van der Waals surface area contributed by atoms with Crippen LogP contribution in [0.25, 0.3) is 0 Å². The number of nitrogens with one attached hydrogen (secondary N) is 2. The summed E-state index contributed by atoms with van der Waals surface area (Å²) in [6.07, 6.45) is -0.131. The third-order valence-electron chi connectivity index (χ3n) is 2.88. The summed E-state index contributed by atoms with van der Waals surface area (Å²) in [5, 5.41) is 13.3. The van der Waals surface area contributed by atoms with Gasteiger partial charge in [-0.3, -0.25) is 10.2 Å². The molecule has 0 unspecified atom stereocenters. The molecule has 3 N–H and O–H groups in total. The monoisotopic (exact) mass is 279 g/mol. The number of urea groups is 1. The number of benzene rings is 1. The van der Waals surface area contributed by atoms with Crippen molar-refractivity contribution in [3.63, 3.8) is 0 Å². The van der Waals surface area contributed by atoms with Gasteiger partial charge >= 0.3 is 12.0 Å². The fourth-order valence-electron chi connectivity index (χ4n) is 1.93. The summed E-state index contributed by atoms with van der Waals surface area (Å²) < 4.78 is 5.18. The zero-order valence-corrected chi connectivity index (χ0v) is 11.0. The van der Waals surface area contributed by atoms with Crippen LogP contribution in [-0.2, 0) is 16.0 Å². The van der Waals surface area contributed by atoms with Gasteiger partial charge in [-0.25, -0.2) is 9.80 Å². The predicted molar refractivity (Wildman–Crippen MR) is 72.3 cm³/mol. The second kappa shape index (κ2) is 6.88. The highest BCUT2D eigenvalue weighted by atomic mass is 16.5. The first kappa shape index (κ1) is 14.3. The van der Waals surface area contributed by atoms with Crippen LogP contribution in [0.1, 0.15) is 5.56 Å². The summed E-state index contributed by atoms with van der Waals surface area (Å²) in [6.45, 7) is 2.42. The van der Waals surface area contributed by atoms with Crippen molar-refractivity contribution in [2.75, 3.05) is 31.6 Å². The number of carbonyl (C=O) groups is 2. The fraction of sp³-hybridized carbons (Fsp3) is 0.385. The number of anilines is 1. The van der Waals surface area contributed by atoms with E-state index in [2.05, 4.69) is 10.7 Å². The summed E-state index contributed by atoms with van der Waals surface area (Å²) in [6, 6.07) is 6.46. The highest BCUT2D eigenvalue weighted by Gasteiger charge is 2.14. The number of hydrogen-bond donors (Lipinski definition) is 3. The Balaban J connectivity index is 1.94. The Labute approximate surface area is 116 Å². The minimum absolute atomic E-state index is 0.131. The molecule has 108 valence electrons. The minimum atomic E-state index is -0.937. The van der Waals surface area contributed by atoms with Crippen LogP contribution in [0.4, 0.5) is 10.5 Å². The molecule has 7 heteroatoms. The largest absolute Gasteiger partial charge is 0.481 e. The van der Waals surface area contributed by atoms with E-state index in [-0.39, 0.29) is 12.5 Å². The van der Waals surface area contributed by atoms with Crippen LogP contribution in [0.5, 0.6) is 0 Å². The molecule has 1 aromatic carbocycles. The van der Waals surface area contributed by atoms with Crippen LogP contribution in [0, 0.1) is 0 Å². The molecule has 2 rings (SSSR count). The molecular formula is C13H17N3O4. The average Bonchev–Trinajstić information content (AvgIpc) is 2.41. The molecule has 1 fully saturated rings. The van der Waals surface area contributed by atoms with E-state index in [1.807, 2.05) is 0 Å². The Kier molecular flexibility index (Phi) is 4.91. The molecule has 0 radical (unpaired) electrons. The van der Waals surface area contributed by atoms with Crippen molar-refractivity contribution in [1.29, 1.82) is 0 Å². The van der Waals surface area contributed by atoms with Gasteiger partial charge in [0.05, 0.1) is 19.6 Å². The van der Waals surface area contributed by atoms with Crippen LogP contribution < -0.4 is 10.7 Å². The van der Waals surface area contributed by atoms with Crippen molar-refractivity contribution in [2.24, 2.45) is 0 Å². The number of para-hydroxylation sites is 1. The number of carboxylic acids is 1. The molecule has 7 nitrogen and oxygen atoms in total. The van der Waals surface area contributed by atoms with E-state index in [0.717, 1.165) is 0 Å². The number of hydrazine groups is 1. The first-order chi connectivity index (χ1) is 9.65. The highest BCUT2D eigenvalue weighted by Crippen LogP contribution is 2.15. The van der Waals surface area contributed by atoms with Gasteiger partial charge in [0.1, 0.15) is 0 Å². The Morgan fingerprint density at radius 1 is 1.25 bits per heavy atom. The standard InChI is InChI=1S/C13H17N3O4/c17-12(18)9-10-3-1-2-4-11(10)14-13(19)15-16-5-7-20-8-6-16/h1-4H,5-9H2,(H,17,18)(H2,14,15,19). The van der Waals surface area contributed by atoms with Crippen LogP contribution >= 0.6 is 0 Å². The number of rotatable bonds is 4. The van der Waals surface area contributed by atoms with Gasteiger partial charge in [-0.05, 0) is 11.6 Å². The zero-order valence-electron chi connectivity index (χ0n) is 11.0. The first-order valence-electron chi connectivity index (χ1n) is 6.35. The SMILES string of the molecule is O=C(O)Cc1ccccc1NC(=O)NN1CCOCC1. The van der Waals surface area contributed by atoms with E-state index in [4.69, 9.17) is 9.84 Å². The zero-order chi connectivity index (χ0) is 14.4. The van der Waals surface area contributed by atoms with Crippen LogP contribution in [0.2, 0.25) is 0 Å². The van der Waals surface area contributed by atoms with E-state index >= 15 is 0 Å². The molecule has 1 aliphatic rings. The molecule has 0 bridgehead atoms. The lowest BCUT2D eigenvalue weighted by Gasteiger charge is -2.27. The predicted octanol–water partition coefficient (Wildman–Crippen LogP) is 0.682. The smallest absolute Gasteiger partial charge is 0.333 e. The third kappa shape index (κ3) is 4.22. The maximum absolute atomic E-state index is 11.9. The van der Waals surface area contributed by atoms with E-state index in [9.17, 15) is 9.59 Å². The summed E-state index contributed by atoms with van der Waals surface area (Å²) in [5.74, 6) is -0.937. The molecule has 0 saturated carbocycles. The van der Waals surface area contributed by atoms with Crippen LogP contribution in [-0.4, -0.2) is 48.4 Å². The summed E-state index contributed by atoms with van der Waals surface area (Å²) in [5.41, 5.74) is 3.77. The number of ether oxygens (including phenoxy) is 1. The minimum Gasteiger partial charge on any atom is -0.481 e. The topological polar surface area (TPSA) is 90.9 Å². The van der Waals surface area contributed by atoms with Crippen LogP contribution in [0.15, 0.2) is 24.3 Å². The summed E-state index contributed by atoms with van der Waals surface area (Å²) in [4.78, 5) is 22.6. The van der Waals surface area contributed by atoms with Gasteiger partial charge in [0.15, 0.2) is 0 Å². The summed E-state index contributed by atoms with van der Waals surface area (Å²) >= 11 is 0. The van der Waals surface area contributed by atoms with Crippen molar-refractivity contribution < 1.29 is 19.4 Å².